The van der Waals surface area contributed by atoms with Crippen LogP contribution in [0.2, 0.25) is 5.02 Å². The van der Waals surface area contributed by atoms with E-state index in [1.54, 1.807) is 12.1 Å². The van der Waals surface area contributed by atoms with Crippen molar-refractivity contribution in [2.45, 2.75) is 12.8 Å². The summed E-state index contributed by atoms with van der Waals surface area (Å²) in [5, 5.41) is 0.133. The topological polar surface area (TPSA) is 23.6 Å². The zero-order valence-corrected chi connectivity index (χ0v) is 14.2. The van der Waals surface area contributed by atoms with E-state index < -0.39 is 5.82 Å². The van der Waals surface area contributed by atoms with Crippen LogP contribution in [0.3, 0.4) is 0 Å². The molecule has 24 heavy (non-hydrogen) atoms. The minimum absolute atomic E-state index is 0.133. The average Bonchev–Trinajstić information content (AvgIpc) is 2.63. The summed E-state index contributed by atoms with van der Waals surface area (Å²) in [5.41, 5.74) is 2.09. The Labute approximate surface area is 146 Å². The molecule has 0 unspecified atom stereocenters. The van der Waals surface area contributed by atoms with E-state index in [4.69, 9.17) is 11.6 Å². The Hall–Kier alpha value is -2.07. The first-order valence-electron chi connectivity index (χ1n) is 8.15. The number of benzene rings is 2. The van der Waals surface area contributed by atoms with Crippen LogP contribution < -0.4 is 4.90 Å². The number of nitrogens with zero attached hydrogens (tertiary/aromatic N) is 2. The molecule has 0 atom stereocenters. The Balaban J connectivity index is 1.51. The summed E-state index contributed by atoms with van der Waals surface area (Å²) in [5.74, 6) is -0.217. The maximum atomic E-state index is 13.3. The summed E-state index contributed by atoms with van der Waals surface area (Å²) in [6.45, 7) is 2.84. The summed E-state index contributed by atoms with van der Waals surface area (Å²) in [6.07, 6.45) is 1.31. The quantitative estimate of drug-likeness (QED) is 0.841. The van der Waals surface area contributed by atoms with Crippen LogP contribution in [0.5, 0.6) is 0 Å². The molecule has 5 heteroatoms. The first-order chi connectivity index (χ1) is 11.6. The second-order valence-corrected chi connectivity index (χ2v) is 6.36. The van der Waals surface area contributed by atoms with Gasteiger partial charge in [0.05, 0.1) is 5.02 Å². The SMILES string of the molecule is O=C(CCc1ccccc1)N1CCN(c2ccc(F)c(Cl)c2)CC1. The Morgan fingerprint density at radius 2 is 1.75 bits per heavy atom. The van der Waals surface area contributed by atoms with Crippen LogP contribution in [0.1, 0.15) is 12.0 Å². The lowest BCUT2D eigenvalue weighted by Gasteiger charge is -2.36. The van der Waals surface area contributed by atoms with Gasteiger partial charge in [-0.25, -0.2) is 4.39 Å². The van der Waals surface area contributed by atoms with Gasteiger partial charge in [-0.3, -0.25) is 4.79 Å². The molecular weight excluding hydrogens is 327 g/mol. The van der Waals surface area contributed by atoms with E-state index in [0.717, 1.165) is 25.2 Å². The van der Waals surface area contributed by atoms with E-state index in [1.807, 2.05) is 35.2 Å². The van der Waals surface area contributed by atoms with Crippen LogP contribution in [0.15, 0.2) is 48.5 Å². The number of piperazine rings is 1. The van der Waals surface area contributed by atoms with Gasteiger partial charge in [-0.2, -0.15) is 0 Å². The highest BCUT2D eigenvalue weighted by Crippen LogP contribution is 2.23. The third-order valence-electron chi connectivity index (χ3n) is 4.37. The summed E-state index contributed by atoms with van der Waals surface area (Å²) in [4.78, 5) is 16.4. The maximum absolute atomic E-state index is 13.3. The molecule has 126 valence electrons. The standard InChI is InChI=1S/C19H20ClFN2O/c20-17-14-16(7-8-18(17)21)22-10-12-23(13-11-22)19(24)9-6-15-4-2-1-3-5-15/h1-5,7-8,14H,6,9-13H2. The molecule has 1 fully saturated rings. The van der Waals surface area contributed by atoms with Crippen LogP contribution >= 0.6 is 11.6 Å². The Morgan fingerprint density at radius 1 is 1.04 bits per heavy atom. The van der Waals surface area contributed by atoms with Gasteiger partial charge in [-0.05, 0) is 30.2 Å². The summed E-state index contributed by atoms with van der Waals surface area (Å²) in [6, 6.07) is 14.8. The zero-order valence-electron chi connectivity index (χ0n) is 13.4. The molecule has 1 heterocycles. The van der Waals surface area contributed by atoms with Gasteiger partial charge < -0.3 is 9.80 Å². The number of carbonyl (C=O) groups excluding carboxylic acids is 1. The highest BCUT2D eigenvalue weighted by atomic mass is 35.5. The fraction of sp³-hybridized carbons (Fsp3) is 0.316. The lowest BCUT2D eigenvalue weighted by molar-refractivity contribution is -0.131. The third kappa shape index (κ3) is 4.06. The molecule has 0 aliphatic carbocycles. The van der Waals surface area contributed by atoms with Crippen LogP contribution in [0.4, 0.5) is 10.1 Å². The predicted octanol–water partition coefficient (Wildman–Crippen LogP) is 3.76. The van der Waals surface area contributed by atoms with Gasteiger partial charge >= 0.3 is 0 Å². The smallest absolute Gasteiger partial charge is 0.223 e. The maximum Gasteiger partial charge on any atom is 0.223 e. The predicted molar refractivity (Wildman–Crippen MR) is 95.0 cm³/mol. The molecule has 0 N–H and O–H groups in total. The average molecular weight is 347 g/mol. The molecule has 2 aromatic rings. The molecule has 0 aromatic heterocycles. The summed E-state index contributed by atoms with van der Waals surface area (Å²) >= 11 is 5.85. The summed E-state index contributed by atoms with van der Waals surface area (Å²) < 4.78 is 13.3. The fourth-order valence-corrected chi connectivity index (χ4v) is 3.12. The van der Waals surface area contributed by atoms with Gasteiger partial charge in [0.2, 0.25) is 5.91 Å². The van der Waals surface area contributed by atoms with Gasteiger partial charge in [-0.1, -0.05) is 41.9 Å². The molecule has 0 bridgehead atoms. The lowest BCUT2D eigenvalue weighted by atomic mass is 10.1. The van der Waals surface area contributed by atoms with Crippen LogP contribution in [-0.2, 0) is 11.2 Å². The number of rotatable bonds is 4. The molecule has 0 saturated carbocycles. The molecule has 2 aromatic carbocycles. The van der Waals surface area contributed by atoms with Gasteiger partial charge in [0.25, 0.3) is 0 Å². The van der Waals surface area contributed by atoms with Crippen molar-refractivity contribution in [2.24, 2.45) is 0 Å². The van der Waals surface area contributed by atoms with Gasteiger partial charge in [-0.15, -0.1) is 0 Å². The number of carbonyl (C=O) groups is 1. The number of halogens is 2. The molecule has 3 rings (SSSR count). The monoisotopic (exact) mass is 346 g/mol. The molecular formula is C19H20ClFN2O. The fourth-order valence-electron chi connectivity index (χ4n) is 2.95. The molecule has 0 spiro atoms. The molecule has 1 aliphatic rings. The number of hydrogen-bond donors (Lipinski definition) is 0. The normalized spacial score (nSPS) is 14.8. The van der Waals surface area contributed by atoms with E-state index in [0.29, 0.717) is 19.5 Å². The molecule has 1 amide bonds. The first-order valence-corrected chi connectivity index (χ1v) is 8.53. The Morgan fingerprint density at radius 3 is 2.42 bits per heavy atom. The van der Waals surface area contributed by atoms with E-state index in [2.05, 4.69) is 4.90 Å². The minimum Gasteiger partial charge on any atom is -0.368 e. The largest absolute Gasteiger partial charge is 0.368 e. The number of aryl methyl sites for hydroxylation is 1. The van der Waals surface area contributed by atoms with Crippen molar-refractivity contribution in [3.8, 4) is 0 Å². The van der Waals surface area contributed by atoms with Crippen molar-refractivity contribution in [3.05, 3.63) is 64.9 Å². The van der Waals surface area contributed by atoms with Crippen molar-refractivity contribution in [2.75, 3.05) is 31.1 Å². The van der Waals surface area contributed by atoms with Crippen LogP contribution in [0.25, 0.3) is 0 Å². The van der Waals surface area contributed by atoms with Crippen molar-refractivity contribution >= 4 is 23.2 Å². The molecule has 1 aliphatic heterocycles. The van der Waals surface area contributed by atoms with Crippen molar-refractivity contribution in [3.63, 3.8) is 0 Å². The molecule has 1 saturated heterocycles. The number of amides is 1. The third-order valence-corrected chi connectivity index (χ3v) is 4.66. The highest BCUT2D eigenvalue weighted by molar-refractivity contribution is 6.31. The van der Waals surface area contributed by atoms with Crippen LogP contribution in [0, 0.1) is 5.82 Å². The number of hydrogen-bond acceptors (Lipinski definition) is 2. The van der Waals surface area contributed by atoms with E-state index in [9.17, 15) is 9.18 Å². The van der Waals surface area contributed by atoms with E-state index in [-0.39, 0.29) is 10.9 Å². The second-order valence-electron chi connectivity index (χ2n) is 5.95. The number of anilines is 1. The second kappa shape index (κ2) is 7.67. The molecule has 3 nitrogen and oxygen atoms in total. The zero-order chi connectivity index (χ0) is 16.9. The van der Waals surface area contributed by atoms with Gasteiger partial charge in [0.15, 0.2) is 0 Å². The Kier molecular flexibility index (Phi) is 5.36. The van der Waals surface area contributed by atoms with Gasteiger partial charge in [0, 0.05) is 38.3 Å². The summed E-state index contributed by atoms with van der Waals surface area (Å²) in [7, 11) is 0. The molecule has 0 radical (unpaired) electrons. The van der Waals surface area contributed by atoms with E-state index >= 15 is 0 Å². The van der Waals surface area contributed by atoms with Crippen molar-refractivity contribution < 1.29 is 9.18 Å². The van der Waals surface area contributed by atoms with Crippen molar-refractivity contribution in [1.29, 1.82) is 0 Å². The first kappa shape index (κ1) is 16.8. The van der Waals surface area contributed by atoms with Crippen molar-refractivity contribution in [1.82, 2.24) is 4.90 Å². The van der Waals surface area contributed by atoms with Gasteiger partial charge in [0.1, 0.15) is 5.82 Å². The highest BCUT2D eigenvalue weighted by Gasteiger charge is 2.21. The van der Waals surface area contributed by atoms with E-state index in [1.165, 1.54) is 11.6 Å². The Bertz CT molecular complexity index is 700. The minimum atomic E-state index is -0.407. The lowest BCUT2D eigenvalue weighted by Crippen LogP contribution is -2.48. The van der Waals surface area contributed by atoms with Crippen LogP contribution in [-0.4, -0.2) is 37.0 Å².